The van der Waals surface area contributed by atoms with Crippen molar-refractivity contribution in [1.29, 1.82) is 0 Å². The lowest BCUT2D eigenvalue weighted by atomic mass is 10.1. The van der Waals surface area contributed by atoms with Gasteiger partial charge in [0.2, 0.25) is 0 Å². The van der Waals surface area contributed by atoms with Gasteiger partial charge in [-0.1, -0.05) is 12.1 Å². The van der Waals surface area contributed by atoms with E-state index in [-0.39, 0.29) is 11.9 Å². The molecule has 0 aliphatic carbocycles. The summed E-state index contributed by atoms with van der Waals surface area (Å²) in [6.07, 6.45) is 2.80. The van der Waals surface area contributed by atoms with Gasteiger partial charge in [0.25, 0.3) is 0 Å². The van der Waals surface area contributed by atoms with Gasteiger partial charge in [0, 0.05) is 32.9 Å². The molecule has 0 saturated carbocycles. The number of imidazole rings is 1. The lowest BCUT2D eigenvalue weighted by Gasteiger charge is -2.33. The average Bonchev–Trinajstić information content (AvgIpc) is 2.80. The third-order valence-corrected chi connectivity index (χ3v) is 4.28. The van der Waals surface area contributed by atoms with Crippen LogP contribution in [-0.4, -0.2) is 40.3 Å². The first-order valence-electron chi connectivity index (χ1n) is 7.67. The number of nitrogens with zero attached hydrogens (tertiary/aromatic N) is 3. The van der Waals surface area contributed by atoms with Crippen LogP contribution in [0.4, 0.5) is 4.39 Å². The van der Waals surface area contributed by atoms with Crippen molar-refractivity contribution >= 4 is 0 Å². The van der Waals surface area contributed by atoms with Gasteiger partial charge in [0.15, 0.2) is 0 Å². The smallest absolute Gasteiger partial charge is 0.123 e. The molecule has 3 rings (SSSR count). The van der Waals surface area contributed by atoms with Crippen LogP contribution in [0.15, 0.2) is 30.5 Å². The molecular formula is C17H22FN3O. The number of aromatic nitrogens is 2. The van der Waals surface area contributed by atoms with Crippen LogP contribution in [0.25, 0.3) is 0 Å². The fourth-order valence-corrected chi connectivity index (χ4v) is 2.90. The Hall–Kier alpha value is -1.72. The van der Waals surface area contributed by atoms with Crippen molar-refractivity contribution in [2.75, 3.05) is 19.7 Å². The van der Waals surface area contributed by atoms with Gasteiger partial charge in [-0.25, -0.2) is 9.37 Å². The monoisotopic (exact) mass is 303 g/mol. The summed E-state index contributed by atoms with van der Waals surface area (Å²) < 4.78 is 21.2. The maximum Gasteiger partial charge on any atom is 0.123 e. The largest absolute Gasteiger partial charge is 0.375 e. The van der Waals surface area contributed by atoms with Crippen molar-refractivity contribution in [3.8, 4) is 0 Å². The van der Waals surface area contributed by atoms with E-state index in [1.165, 1.54) is 11.8 Å². The Morgan fingerprint density at radius 1 is 1.41 bits per heavy atom. The third-order valence-electron chi connectivity index (χ3n) is 4.28. The van der Waals surface area contributed by atoms with E-state index in [1.807, 2.05) is 26.2 Å². The highest BCUT2D eigenvalue weighted by Crippen LogP contribution is 2.15. The molecule has 1 fully saturated rings. The second kappa shape index (κ2) is 6.58. The van der Waals surface area contributed by atoms with Gasteiger partial charge < -0.3 is 9.30 Å². The van der Waals surface area contributed by atoms with Crippen LogP contribution in [0, 0.1) is 12.7 Å². The lowest BCUT2D eigenvalue weighted by molar-refractivity contribution is -0.0311. The first-order valence-corrected chi connectivity index (χ1v) is 7.67. The number of halogens is 1. The average molecular weight is 303 g/mol. The molecule has 118 valence electrons. The van der Waals surface area contributed by atoms with Crippen LogP contribution in [0.5, 0.6) is 0 Å². The van der Waals surface area contributed by atoms with Crippen LogP contribution < -0.4 is 0 Å². The van der Waals surface area contributed by atoms with E-state index in [0.717, 1.165) is 44.0 Å². The van der Waals surface area contributed by atoms with Crippen LogP contribution in [0.2, 0.25) is 0 Å². The summed E-state index contributed by atoms with van der Waals surface area (Å²) in [5.41, 5.74) is 2.20. The zero-order valence-electron chi connectivity index (χ0n) is 13.1. The van der Waals surface area contributed by atoms with Gasteiger partial charge in [-0.3, -0.25) is 4.90 Å². The number of morpholine rings is 1. The Balaban J connectivity index is 1.60. The second-order valence-electron chi connectivity index (χ2n) is 5.92. The molecule has 1 aliphatic rings. The molecule has 0 amide bonds. The molecule has 0 radical (unpaired) electrons. The minimum Gasteiger partial charge on any atom is -0.375 e. The molecule has 1 aliphatic heterocycles. The number of benzene rings is 1. The lowest BCUT2D eigenvalue weighted by Crippen LogP contribution is -2.43. The van der Waals surface area contributed by atoms with Crippen LogP contribution in [-0.2, 0) is 24.8 Å². The van der Waals surface area contributed by atoms with E-state index < -0.39 is 0 Å². The highest BCUT2D eigenvalue weighted by atomic mass is 19.1. The van der Waals surface area contributed by atoms with E-state index in [0.29, 0.717) is 0 Å². The van der Waals surface area contributed by atoms with Gasteiger partial charge in [0.05, 0.1) is 18.4 Å². The van der Waals surface area contributed by atoms with Crippen LogP contribution in [0.3, 0.4) is 0 Å². The first kappa shape index (κ1) is 15.2. The summed E-state index contributed by atoms with van der Waals surface area (Å²) in [5, 5.41) is 0. The minimum absolute atomic E-state index is 0.116. The Morgan fingerprint density at radius 3 is 3.00 bits per heavy atom. The predicted octanol–water partition coefficient (Wildman–Crippen LogP) is 2.31. The van der Waals surface area contributed by atoms with E-state index in [4.69, 9.17) is 4.74 Å². The van der Waals surface area contributed by atoms with Crippen LogP contribution >= 0.6 is 0 Å². The van der Waals surface area contributed by atoms with Crippen molar-refractivity contribution in [3.63, 3.8) is 0 Å². The number of aryl methyl sites for hydroxylation is 1. The van der Waals surface area contributed by atoms with Crippen molar-refractivity contribution in [3.05, 3.63) is 53.4 Å². The van der Waals surface area contributed by atoms with E-state index in [9.17, 15) is 4.39 Å². The van der Waals surface area contributed by atoms with Crippen molar-refractivity contribution < 1.29 is 9.13 Å². The first-order chi connectivity index (χ1) is 10.6. The molecule has 0 unspecified atom stereocenters. The van der Waals surface area contributed by atoms with Gasteiger partial charge in [0.1, 0.15) is 11.6 Å². The Bertz CT molecular complexity index is 641. The number of ether oxygens (including phenoxy) is 1. The molecular weight excluding hydrogens is 281 g/mol. The molecule has 2 aromatic rings. The molecule has 1 atom stereocenters. The molecule has 1 aromatic heterocycles. The quantitative estimate of drug-likeness (QED) is 0.868. The summed E-state index contributed by atoms with van der Waals surface area (Å²) in [5.74, 6) is 0.843. The number of rotatable bonds is 4. The molecule has 5 heteroatoms. The number of hydrogen-bond donors (Lipinski definition) is 0. The zero-order chi connectivity index (χ0) is 15.5. The van der Waals surface area contributed by atoms with E-state index in [1.54, 1.807) is 12.1 Å². The Morgan fingerprint density at radius 2 is 2.27 bits per heavy atom. The molecule has 0 N–H and O–H groups in total. The number of hydrogen-bond acceptors (Lipinski definition) is 3. The van der Waals surface area contributed by atoms with Crippen LogP contribution in [0.1, 0.15) is 17.1 Å². The van der Waals surface area contributed by atoms with Gasteiger partial charge >= 0.3 is 0 Å². The highest BCUT2D eigenvalue weighted by Gasteiger charge is 2.21. The maximum absolute atomic E-state index is 13.3. The highest BCUT2D eigenvalue weighted by molar-refractivity contribution is 5.17. The summed E-state index contributed by atoms with van der Waals surface area (Å²) in [6.45, 7) is 5.39. The third kappa shape index (κ3) is 3.54. The zero-order valence-corrected chi connectivity index (χ0v) is 13.1. The summed E-state index contributed by atoms with van der Waals surface area (Å²) in [7, 11) is 2.04. The Labute approximate surface area is 130 Å². The van der Waals surface area contributed by atoms with Crippen molar-refractivity contribution in [2.45, 2.75) is 26.0 Å². The SMILES string of the molecule is Cc1ncc(CN2CCO[C@@H](Cc3cccc(F)c3)C2)n1C. The fourth-order valence-electron chi connectivity index (χ4n) is 2.90. The van der Waals surface area contributed by atoms with E-state index in [2.05, 4.69) is 14.5 Å². The minimum atomic E-state index is -0.185. The maximum atomic E-state index is 13.3. The van der Waals surface area contributed by atoms with E-state index >= 15 is 0 Å². The molecule has 0 spiro atoms. The fraction of sp³-hybridized carbons (Fsp3) is 0.471. The van der Waals surface area contributed by atoms with Crippen molar-refractivity contribution in [1.82, 2.24) is 14.5 Å². The molecule has 1 aromatic carbocycles. The molecule has 1 saturated heterocycles. The molecule has 4 nitrogen and oxygen atoms in total. The van der Waals surface area contributed by atoms with Crippen molar-refractivity contribution in [2.24, 2.45) is 7.05 Å². The second-order valence-corrected chi connectivity index (χ2v) is 5.92. The summed E-state index contributed by atoms with van der Waals surface area (Å²) in [6, 6.07) is 6.77. The van der Waals surface area contributed by atoms with Gasteiger partial charge in [-0.2, -0.15) is 0 Å². The predicted molar refractivity (Wildman–Crippen MR) is 83.1 cm³/mol. The van der Waals surface area contributed by atoms with Gasteiger partial charge in [-0.15, -0.1) is 0 Å². The summed E-state index contributed by atoms with van der Waals surface area (Å²) >= 11 is 0. The Kier molecular flexibility index (Phi) is 4.55. The molecule has 0 bridgehead atoms. The summed E-state index contributed by atoms with van der Waals surface area (Å²) in [4.78, 5) is 6.72. The molecule has 22 heavy (non-hydrogen) atoms. The molecule has 2 heterocycles. The standard InChI is InChI=1S/C17H22FN3O/c1-13-19-10-16(20(13)2)11-21-6-7-22-17(12-21)9-14-4-3-5-15(18)8-14/h3-5,8,10,17H,6-7,9,11-12H2,1-2H3/t17-/m0/s1. The normalized spacial score (nSPS) is 19.5. The van der Waals surface area contributed by atoms with Gasteiger partial charge in [-0.05, 0) is 31.0 Å². The topological polar surface area (TPSA) is 30.3 Å².